The average molecular weight is 529 g/mol. The van der Waals surface area contributed by atoms with Gasteiger partial charge in [-0.15, -0.1) is 0 Å². The van der Waals surface area contributed by atoms with Crippen molar-refractivity contribution >= 4 is 34.0 Å². The van der Waals surface area contributed by atoms with Gasteiger partial charge in [0.25, 0.3) is 0 Å². The fourth-order valence-corrected chi connectivity index (χ4v) is 7.93. The van der Waals surface area contributed by atoms with Crippen LogP contribution < -0.4 is 0 Å². The second kappa shape index (κ2) is 8.24. The van der Waals surface area contributed by atoms with Crippen LogP contribution in [-0.2, 0) is 18.3 Å². The van der Waals surface area contributed by atoms with Crippen molar-refractivity contribution in [3.8, 4) is 22.5 Å². The van der Waals surface area contributed by atoms with E-state index in [-0.39, 0.29) is 5.41 Å². The van der Waals surface area contributed by atoms with E-state index in [0.29, 0.717) is 0 Å². The van der Waals surface area contributed by atoms with Gasteiger partial charge >= 0.3 is 0 Å². The standard InChI is InChI=1S/C39H32N2/c1-39(2)33-23-25(40-35-15-7-3-11-29(35)30-12-4-8-16-36(30)40)19-21-27(33)28-22-20-26(24-34(28)39)41-37-17-9-5-13-31(37)32-14-6-10-18-38(32)41/h3-4,7-12,15-24H,5-6,13-14H2,1-2H3. The lowest BCUT2D eigenvalue weighted by atomic mass is 9.82. The summed E-state index contributed by atoms with van der Waals surface area (Å²) in [5.74, 6) is 0. The van der Waals surface area contributed by atoms with Gasteiger partial charge < -0.3 is 9.13 Å². The summed E-state index contributed by atoms with van der Waals surface area (Å²) in [6.45, 7) is 4.80. The average Bonchev–Trinajstić information content (AvgIpc) is 3.61. The fraction of sp³-hybridized carbons (Fsp3) is 0.179. The van der Waals surface area contributed by atoms with Gasteiger partial charge in [0.15, 0.2) is 0 Å². The summed E-state index contributed by atoms with van der Waals surface area (Å²) in [4.78, 5) is 0. The van der Waals surface area contributed by atoms with Crippen molar-refractivity contribution in [2.75, 3.05) is 0 Å². The molecule has 2 nitrogen and oxygen atoms in total. The van der Waals surface area contributed by atoms with Crippen molar-refractivity contribution in [1.29, 1.82) is 0 Å². The molecule has 0 atom stereocenters. The molecule has 2 heteroatoms. The molecular weight excluding hydrogens is 496 g/mol. The zero-order chi connectivity index (χ0) is 27.3. The minimum Gasteiger partial charge on any atom is -0.310 e. The summed E-state index contributed by atoms with van der Waals surface area (Å²) >= 11 is 0. The van der Waals surface area contributed by atoms with Gasteiger partial charge in [-0.3, -0.25) is 0 Å². The van der Waals surface area contributed by atoms with Gasteiger partial charge in [0, 0.05) is 39.0 Å². The molecule has 4 aromatic carbocycles. The Kier molecular flexibility index (Phi) is 4.66. The van der Waals surface area contributed by atoms with E-state index in [1.165, 1.54) is 66.8 Å². The molecule has 0 fully saturated rings. The third-order valence-corrected chi connectivity index (χ3v) is 9.88. The normalized spacial score (nSPS) is 16.1. The molecule has 198 valence electrons. The molecular formula is C39H32N2. The van der Waals surface area contributed by atoms with Crippen LogP contribution in [0.15, 0.2) is 97.1 Å². The van der Waals surface area contributed by atoms with E-state index in [0.717, 1.165) is 25.7 Å². The Morgan fingerprint density at radius 2 is 1.05 bits per heavy atom. The Morgan fingerprint density at radius 1 is 0.561 bits per heavy atom. The molecule has 0 bridgehead atoms. The Labute approximate surface area is 240 Å². The molecule has 0 unspecified atom stereocenters. The van der Waals surface area contributed by atoms with Crippen molar-refractivity contribution in [1.82, 2.24) is 9.13 Å². The van der Waals surface area contributed by atoms with Gasteiger partial charge in [0.1, 0.15) is 0 Å². The SMILES string of the molecule is CC1(C)c2cc(-n3c4c(c5c3C=CCC5)CCC=C4)ccc2-c2ccc(-n3c4ccccc4c4ccccc43)cc21. The Morgan fingerprint density at radius 3 is 1.59 bits per heavy atom. The molecule has 0 saturated carbocycles. The van der Waals surface area contributed by atoms with Crippen molar-refractivity contribution in [3.05, 3.63) is 131 Å². The maximum atomic E-state index is 2.53. The summed E-state index contributed by atoms with van der Waals surface area (Å²) in [5, 5.41) is 2.61. The van der Waals surface area contributed by atoms with Crippen LogP contribution in [0.1, 0.15) is 60.3 Å². The third-order valence-electron chi connectivity index (χ3n) is 9.88. The van der Waals surface area contributed by atoms with E-state index in [1.807, 2.05) is 0 Å². The summed E-state index contributed by atoms with van der Waals surface area (Å²) < 4.78 is 4.96. The number of rotatable bonds is 2. The zero-order valence-electron chi connectivity index (χ0n) is 23.6. The van der Waals surface area contributed by atoms with Gasteiger partial charge in [-0.25, -0.2) is 0 Å². The van der Waals surface area contributed by atoms with E-state index in [9.17, 15) is 0 Å². The van der Waals surface area contributed by atoms with Crippen LogP contribution in [0.2, 0.25) is 0 Å². The van der Waals surface area contributed by atoms with Crippen LogP contribution >= 0.6 is 0 Å². The molecule has 0 aliphatic heterocycles. The first-order chi connectivity index (χ1) is 20.1. The van der Waals surface area contributed by atoms with Gasteiger partial charge in [0.2, 0.25) is 0 Å². The molecule has 0 amide bonds. The molecule has 0 saturated heterocycles. The van der Waals surface area contributed by atoms with Crippen molar-refractivity contribution < 1.29 is 0 Å². The fourth-order valence-electron chi connectivity index (χ4n) is 7.93. The summed E-state index contributed by atoms with van der Waals surface area (Å²) in [5.41, 5.74) is 16.4. The lowest BCUT2D eigenvalue weighted by Gasteiger charge is -2.23. The molecule has 0 N–H and O–H groups in total. The number of para-hydroxylation sites is 2. The van der Waals surface area contributed by atoms with Crippen LogP contribution in [-0.4, -0.2) is 9.13 Å². The maximum Gasteiger partial charge on any atom is 0.0541 e. The highest BCUT2D eigenvalue weighted by Crippen LogP contribution is 2.50. The van der Waals surface area contributed by atoms with E-state index < -0.39 is 0 Å². The molecule has 0 radical (unpaired) electrons. The topological polar surface area (TPSA) is 9.86 Å². The first kappa shape index (κ1) is 23.2. The van der Waals surface area contributed by atoms with Gasteiger partial charge in [-0.05, 0) is 108 Å². The molecule has 3 aliphatic carbocycles. The van der Waals surface area contributed by atoms with Crippen LogP contribution in [0.3, 0.4) is 0 Å². The van der Waals surface area contributed by atoms with Gasteiger partial charge in [-0.2, -0.15) is 0 Å². The molecule has 6 aromatic rings. The van der Waals surface area contributed by atoms with E-state index >= 15 is 0 Å². The maximum absolute atomic E-state index is 2.53. The number of nitrogens with zero attached hydrogens (tertiary/aromatic N) is 2. The molecule has 2 aromatic heterocycles. The number of aromatic nitrogens is 2. The highest BCUT2D eigenvalue weighted by molar-refractivity contribution is 6.09. The number of hydrogen-bond donors (Lipinski definition) is 0. The number of benzene rings is 4. The lowest BCUT2D eigenvalue weighted by molar-refractivity contribution is 0.659. The summed E-state index contributed by atoms with van der Waals surface area (Å²) in [7, 11) is 0. The van der Waals surface area contributed by atoms with E-state index in [4.69, 9.17) is 0 Å². The monoisotopic (exact) mass is 528 g/mol. The number of hydrogen-bond acceptors (Lipinski definition) is 0. The Hall–Kier alpha value is -4.56. The van der Waals surface area contributed by atoms with E-state index in [2.05, 4.69) is 132 Å². The van der Waals surface area contributed by atoms with Crippen LogP contribution in [0.25, 0.3) is 56.5 Å². The summed E-state index contributed by atoms with van der Waals surface area (Å²) in [6.07, 6.45) is 14.0. The zero-order valence-corrected chi connectivity index (χ0v) is 23.6. The molecule has 41 heavy (non-hydrogen) atoms. The third kappa shape index (κ3) is 3.08. The van der Waals surface area contributed by atoms with Crippen molar-refractivity contribution in [2.45, 2.75) is 44.9 Å². The van der Waals surface area contributed by atoms with Crippen LogP contribution in [0, 0.1) is 0 Å². The smallest absolute Gasteiger partial charge is 0.0541 e. The second-order valence-electron chi connectivity index (χ2n) is 12.4. The van der Waals surface area contributed by atoms with Crippen LogP contribution in [0.4, 0.5) is 0 Å². The number of fused-ring (bicyclic) bond motifs is 9. The van der Waals surface area contributed by atoms with Crippen molar-refractivity contribution in [2.24, 2.45) is 0 Å². The molecule has 9 rings (SSSR count). The van der Waals surface area contributed by atoms with Gasteiger partial charge in [-0.1, -0.05) is 74.5 Å². The minimum atomic E-state index is -0.103. The lowest BCUT2D eigenvalue weighted by Crippen LogP contribution is -2.16. The second-order valence-corrected chi connectivity index (χ2v) is 12.4. The molecule has 0 spiro atoms. The predicted octanol–water partition coefficient (Wildman–Crippen LogP) is 9.80. The largest absolute Gasteiger partial charge is 0.310 e. The minimum absolute atomic E-state index is 0.103. The van der Waals surface area contributed by atoms with Crippen molar-refractivity contribution in [3.63, 3.8) is 0 Å². The first-order valence-electron chi connectivity index (χ1n) is 15.0. The quantitative estimate of drug-likeness (QED) is 0.212. The number of allylic oxidation sites excluding steroid dienone is 2. The highest BCUT2D eigenvalue weighted by Gasteiger charge is 2.36. The van der Waals surface area contributed by atoms with Gasteiger partial charge in [0.05, 0.1) is 11.0 Å². The Balaban J connectivity index is 1.22. The first-order valence-corrected chi connectivity index (χ1v) is 15.0. The summed E-state index contributed by atoms with van der Waals surface area (Å²) in [6, 6.07) is 31.9. The van der Waals surface area contributed by atoms with Crippen LogP contribution in [0.5, 0.6) is 0 Å². The predicted molar refractivity (Wildman–Crippen MR) is 172 cm³/mol. The molecule has 3 aliphatic rings. The highest BCUT2D eigenvalue weighted by atomic mass is 15.0. The Bertz CT molecular complexity index is 2030. The molecule has 2 heterocycles. The van der Waals surface area contributed by atoms with E-state index in [1.54, 1.807) is 11.1 Å².